The van der Waals surface area contributed by atoms with Gasteiger partial charge in [-0.1, -0.05) is 48.5 Å². The van der Waals surface area contributed by atoms with Gasteiger partial charge in [0, 0.05) is 5.56 Å². The minimum absolute atomic E-state index is 0.0367. The van der Waals surface area contributed by atoms with Gasteiger partial charge in [-0.3, -0.25) is 4.79 Å². The molecule has 1 unspecified atom stereocenters. The first-order valence-electron chi connectivity index (χ1n) is 8.22. The third kappa shape index (κ3) is 4.09. The summed E-state index contributed by atoms with van der Waals surface area (Å²) in [5.74, 6) is 0.360. The van der Waals surface area contributed by atoms with Gasteiger partial charge in [-0.05, 0) is 42.7 Å². The number of aryl methyl sites for hydroxylation is 2. The van der Waals surface area contributed by atoms with Crippen molar-refractivity contribution in [2.45, 2.75) is 33.4 Å². The normalized spacial score (nSPS) is 12.0. The predicted molar refractivity (Wildman–Crippen MR) is 95.7 cm³/mol. The summed E-state index contributed by atoms with van der Waals surface area (Å²) >= 11 is 0. The molecule has 1 atom stereocenters. The molecule has 0 saturated heterocycles. The van der Waals surface area contributed by atoms with Crippen molar-refractivity contribution in [2.75, 3.05) is 0 Å². The number of tetrazole rings is 1. The standard InChI is InChI=1S/C19H21N5O/c1-13-9-10-17(11-14(13)2)15(3)20-18(25)12-24-22-19(21-23-24)16-7-5-4-6-8-16/h4-11,15H,12H2,1-3H3,(H,20,25). The first kappa shape index (κ1) is 16.8. The molecular weight excluding hydrogens is 314 g/mol. The van der Waals surface area contributed by atoms with E-state index in [0.717, 1.165) is 11.1 Å². The topological polar surface area (TPSA) is 72.7 Å². The van der Waals surface area contributed by atoms with Crippen molar-refractivity contribution in [3.05, 3.63) is 65.2 Å². The monoisotopic (exact) mass is 335 g/mol. The summed E-state index contributed by atoms with van der Waals surface area (Å²) in [5, 5.41) is 15.2. The molecule has 0 aliphatic carbocycles. The zero-order chi connectivity index (χ0) is 17.8. The number of carbonyl (C=O) groups is 1. The number of nitrogens with one attached hydrogen (secondary N) is 1. The van der Waals surface area contributed by atoms with Crippen molar-refractivity contribution in [3.63, 3.8) is 0 Å². The molecule has 6 heteroatoms. The maximum Gasteiger partial charge on any atom is 0.244 e. The lowest BCUT2D eigenvalue weighted by atomic mass is 10.0. The van der Waals surface area contributed by atoms with Gasteiger partial charge in [0.25, 0.3) is 0 Å². The van der Waals surface area contributed by atoms with Crippen LogP contribution in [0.1, 0.15) is 29.7 Å². The first-order chi connectivity index (χ1) is 12.0. The molecule has 6 nitrogen and oxygen atoms in total. The van der Waals surface area contributed by atoms with Gasteiger partial charge in [0.05, 0.1) is 6.04 Å². The van der Waals surface area contributed by atoms with Gasteiger partial charge >= 0.3 is 0 Å². The van der Waals surface area contributed by atoms with Crippen LogP contribution in [-0.4, -0.2) is 26.1 Å². The Morgan fingerprint density at radius 2 is 1.88 bits per heavy atom. The number of nitrogens with zero attached hydrogens (tertiary/aromatic N) is 4. The highest BCUT2D eigenvalue weighted by atomic mass is 16.2. The van der Waals surface area contributed by atoms with E-state index < -0.39 is 0 Å². The molecule has 3 rings (SSSR count). The Morgan fingerprint density at radius 3 is 2.60 bits per heavy atom. The molecule has 3 aromatic rings. The molecule has 0 radical (unpaired) electrons. The van der Waals surface area contributed by atoms with Crippen LogP contribution < -0.4 is 5.32 Å². The lowest BCUT2D eigenvalue weighted by Crippen LogP contribution is -2.30. The van der Waals surface area contributed by atoms with E-state index >= 15 is 0 Å². The third-order valence-electron chi connectivity index (χ3n) is 4.18. The quantitative estimate of drug-likeness (QED) is 0.778. The molecule has 0 bridgehead atoms. The van der Waals surface area contributed by atoms with E-state index in [1.807, 2.05) is 43.3 Å². The highest BCUT2D eigenvalue weighted by Gasteiger charge is 2.13. The van der Waals surface area contributed by atoms with Gasteiger partial charge in [0.1, 0.15) is 6.54 Å². The van der Waals surface area contributed by atoms with Crippen LogP contribution in [0.5, 0.6) is 0 Å². The van der Waals surface area contributed by atoms with E-state index in [4.69, 9.17) is 0 Å². The molecule has 0 saturated carbocycles. The number of hydrogen-bond acceptors (Lipinski definition) is 4. The molecule has 1 amide bonds. The van der Waals surface area contributed by atoms with E-state index in [0.29, 0.717) is 5.82 Å². The van der Waals surface area contributed by atoms with Gasteiger partial charge < -0.3 is 5.32 Å². The Labute approximate surface area is 146 Å². The highest BCUT2D eigenvalue weighted by Crippen LogP contribution is 2.17. The highest BCUT2D eigenvalue weighted by molar-refractivity contribution is 5.76. The zero-order valence-electron chi connectivity index (χ0n) is 14.6. The number of aromatic nitrogens is 4. The zero-order valence-corrected chi connectivity index (χ0v) is 14.6. The second kappa shape index (κ2) is 7.25. The van der Waals surface area contributed by atoms with Crippen molar-refractivity contribution < 1.29 is 4.79 Å². The van der Waals surface area contributed by atoms with Gasteiger partial charge in [0.2, 0.25) is 11.7 Å². The number of hydrogen-bond donors (Lipinski definition) is 1. The number of benzene rings is 2. The van der Waals surface area contributed by atoms with E-state index in [1.165, 1.54) is 15.9 Å². The number of carbonyl (C=O) groups excluding carboxylic acids is 1. The first-order valence-corrected chi connectivity index (χ1v) is 8.22. The molecule has 0 fully saturated rings. The summed E-state index contributed by atoms with van der Waals surface area (Å²) in [6.07, 6.45) is 0. The summed E-state index contributed by atoms with van der Waals surface area (Å²) in [6.45, 7) is 6.14. The van der Waals surface area contributed by atoms with Crippen molar-refractivity contribution in [3.8, 4) is 11.4 Å². The van der Waals surface area contributed by atoms with Gasteiger partial charge in [0.15, 0.2) is 0 Å². The SMILES string of the molecule is Cc1ccc(C(C)NC(=O)Cn2nnc(-c3ccccc3)n2)cc1C. The van der Waals surface area contributed by atoms with E-state index in [9.17, 15) is 4.79 Å². The average Bonchev–Trinajstić information content (AvgIpc) is 3.06. The summed E-state index contributed by atoms with van der Waals surface area (Å²) in [6, 6.07) is 15.7. The van der Waals surface area contributed by atoms with Crippen LogP contribution >= 0.6 is 0 Å². The predicted octanol–water partition coefficient (Wildman–Crippen LogP) is 2.83. The van der Waals surface area contributed by atoms with Crippen molar-refractivity contribution in [1.82, 2.24) is 25.5 Å². The number of amides is 1. The molecule has 1 heterocycles. The fourth-order valence-electron chi connectivity index (χ4n) is 2.55. The molecule has 0 spiro atoms. The van der Waals surface area contributed by atoms with Crippen LogP contribution in [0, 0.1) is 13.8 Å². The Morgan fingerprint density at radius 1 is 1.12 bits per heavy atom. The Kier molecular flexibility index (Phi) is 4.88. The van der Waals surface area contributed by atoms with E-state index in [2.05, 4.69) is 46.7 Å². The summed E-state index contributed by atoms with van der Waals surface area (Å²) in [4.78, 5) is 13.6. The lowest BCUT2D eigenvalue weighted by molar-refractivity contribution is -0.122. The van der Waals surface area contributed by atoms with Crippen LogP contribution in [0.15, 0.2) is 48.5 Å². The molecule has 128 valence electrons. The maximum absolute atomic E-state index is 12.3. The summed E-state index contributed by atoms with van der Waals surface area (Å²) in [5.41, 5.74) is 4.40. The summed E-state index contributed by atoms with van der Waals surface area (Å²) in [7, 11) is 0. The van der Waals surface area contributed by atoms with E-state index in [-0.39, 0.29) is 18.5 Å². The molecule has 0 aliphatic heterocycles. The fourth-order valence-corrected chi connectivity index (χ4v) is 2.55. The maximum atomic E-state index is 12.3. The van der Waals surface area contributed by atoms with Crippen molar-refractivity contribution in [1.29, 1.82) is 0 Å². The average molecular weight is 335 g/mol. The summed E-state index contributed by atoms with van der Waals surface area (Å²) < 4.78 is 0. The molecule has 1 aromatic heterocycles. The largest absolute Gasteiger partial charge is 0.348 e. The second-order valence-electron chi connectivity index (χ2n) is 6.14. The van der Waals surface area contributed by atoms with Crippen LogP contribution in [0.2, 0.25) is 0 Å². The Bertz CT molecular complexity index is 873. The number of rotatable bonds is 5. The third-order valence-corrected chi connectivity index (χ3v) is 4.18. The van der Waals surface area contributed by atoms with Crippen molar-refractivity contribution >= 4 is 5.91 Å². The van der Waals surface area contributed by atoms with Gasteiger partial charge in [-0.2, -0.15) is 4.80 Å². The van der Waals surface area contributed by atoms with Gasteiger partial charge in [-0.25, -0.2) is 0 Å². The minimum atomic E-state index is -0.150. The molecular formula is C19H21N5O. The lowest BCUT2D eigenvalue weighted by Gasteiger charge is -2.15. The molecule has 1 N–H and O–H groups in total. The molecule has 0 aliphatic rings. The van der Waals surface area contributed by atoms with Crippen LogP contribution in [0.3, 0.4) is 0 Å². The Balaban J connectivity index is 1.62. The Hall–Kier alpha value is -3.02. The van der Waals surface area contributed by atoms with Gasteiger partial charge in [-0.15, -0.1) is 10.2 Å². The van der Waals surface area contributed by atoms with Crippen LogP contribution in [-0.2, 0) is 11.3 Å². The van der Waals surface area contributed by atoms with Crippen LogP contribution in [0.4, 0.5) is 0 Å². The van der Waals surface area contributed by atoms with E-state index in [1.54, 1.807) is 0 Å². The minimum Gasteiger partial charge on any atom is -0.348 e. The second-order valence-corrected chi connectivity index (χ2v) is 6.14. The fraction of sp³-hybridized carbons (Fsp3) is 0.263. The van der Waals surface area contributed by atoms with Crippen LogP contribution in [0.25, 0.3) is 11.4 Å². The molecule has 2 aromatic carbocycles. The van der Waals surface area contributed by atoms with Crippen molar-refractivity contribution in [2.24, 2.45) is 0 Å². The molecule has 25 heavy (non-hydrogen) atoms. The smallest absolute Gasteiger partial charge is 0.244 e.